The summed E-state index contributed by atoms with van der Waals surface area (Å²) in [4.78, 5) is 11.2. The maximum Gasteiger partial charge on any atom is 0.228 e. The van der Waals surface area contributed by atoms with Crippen LogP contribution in [0.5, 0.6) is 0 Å². The van der Waals surface area contributed by atoms with Crippen LogP contribution in [0.3, 0.4) is 0 Å². The number of fused-ring (bicyclic) bond motifs is 2. The quantitative estimate of drug-likeness (QED) is 0.667. The van der Waals surface area contributed by atoms with E-state index in [0.717, 1.165) is 11.3 Å². The zero-order valence-corrected chi connectivity index (χ0v) is 7.58. The van der Waals surface area contributed by atoms with E-state index in [-0.39, 0.29) is 5.91 Å². The normalized spacial score (nSPS) is 14.1. The fourth-order valence-corrected chi connectivity index (χ4v) is 1.92. The predicted molar refractivity (Wildman–Crippen MR) is 56.3 cm³/mol. The molecule has 0 saturated heterocycles. The number of benzene rings is 2. The fourth-order valence-electron chi connectivity index (χ4n) is 1.92. The van der Waals surface area contributed by atoms with Crippen molar-refractivity contribution in [3.8, 4) is 0 Å². The molecule has 14 heavy (non-hydrogen) atoms. The van der Waals surface area contributed by atoms with E-state index in [1.165, 1.54) is 10.8 Å². The van der Waals surface area contributed by atoms with Gasteiger partial charge >= 0.3 is 0 Å². The van der Waals surface area contributed by atoms with Crippen molar-refractivity contribution in [2.45, 2.75) is 6.42 Å². The van der Waals surface area contributed by atoms with Crippen LogP contribution in [0.25, 0.3) is 10.8 Å². The van der Waals surface area contributed by atoms with Gasteiger partial charge in [0.25, 0.3) is 0 Å². The second kappa shape index (κ2) is 2.58. The molecule has 1 N–H and O–H groups in total. The molecule has 1 aliphatic heterocycles. The molecule has 1 amide bonds. The molecule has 0 saturated carbocycles. The zero-order valence-electron chi connectivity index (χ0n) is 7.58. The molecule has 0 unspecified atom stereocenters. The number of amides is 1. The summed E-state index contributed by atoms with van der Waals surface area (Å²) in [5, 5.41) is 5.22. The minimum absolute atomic E-state index is 0.0929. The first-order chi connectivity index (χ1) is 6.83. The summed E-state index contributed by atoms with van der Waals surface area (Å²) in [5.74, 6) is 0.0929. The summed E-state index contributed by atoms with van der Waals surface area (Å²) in [6, 6.07) is 12.3. The number of carbonyl (C=O) groups excluding carboxylic acids is 1. The second-order valence-electron chi connectivity index (χ2n) is 3.58. The highest BCUT2D eigenvalue weighted by atomic mass is 16.1. The van der Waals surface area contributed by atoms with Gasteiger partial charge in [-0.05, 0) is 28.5 Å². The van der Waals surface area contributed by atoms with Gasteiger partial charge in [-0.3, -0.25) is 4.79 Å². The van der Waals surface area contributed by atoms with E-state index < -0.39 is 0 Å². The number of hydrogen-bond acceptors (Lipinski definition) is 1. The Hall–Kier alpha value is -1.83. The molecular weight excluding hydrogens is 174 g/mol. The Balaban J connectivity index is 2.31. The summed E-state index contributed by atoms with van der Waals surface area (Å²) in [5.41, 5.74) is 2.07. The standard InChI is InChI=1S/C12H9NO/c14-12-7-10-5-8-3-1-2-4-9(8)6-11(10)13-12/h1-6H,7H2,(H,13,14). The highest BCUT2D eigenvalue weighted by molar-refractivity contribution is 6.02. The minimum atomic E-state index is 0.0929. The van der Waals surface area contributed by atoms with Gasteiger partial charge in [0.05, 0.1) is 6.42 Å². The summed E-state index contributed by atoms with van der Waals surface area (Å²) in [6.45, 7) is 0. The van der Waals surface area contributed by atoms with Crippen LogP contribution in [-0.4, -0.2) is 5.91 Å². The van der Waals surface area contributed by atoms with Crippen LogP contribution in [0, 0.1) is 0 Å². The smallest absolute Gasteiger partial charge is 0.228 e. The van der Waals surface area contributed by atoms with Gasteiger partial charge in [-0.2, -0.15) is 0 Å². The van der Waals surface area contributed by atoms with E-state index in [9.17, 15) is 4.79 Å². The van der Waals surface area contributed by atoms with Crippen LogP contribution >= 0.6 is 0 Å². The summed E-state index contributed by atoms with van der Waals surface area (Å²) < 4.78 is 0. The predicted octanol–water partition coefficient (Wildman–Crippen LogP) is 2.33. The van der Waals surface area contributed by atoms with Gasteiger partial charge in [0, 0.05) is 5.69 Å². The van der Waals surface area contributed by atoms with Gasteiger partial charge in [0.2, 0.25) is 5.91 Å². The molecule has 68 valence electrons. The molecule has 2 aromatic carbocycles. The van der Waals surface area contributed by atoms with Gasteiger partial charge in [0.15, 0.2) is 0 Å². The Morgan fingerprint density at radius 3 is 2.57 bits per heavy atom. The molecule has 1 heterocycles. The van der Waals surface area contributed by atoms with E-state index >= 15 is 0 Å². The van der Waals surface area contributed by atoms with Crippen molar-refractivity contribution in [3.05, 3.63) is 42.0 Å². The second-order valence-corrected chi connectivity index (χ2v) is 3.58. The van der Waals surface area contributed by atoms with Gasteiger partial charge in [-0.15, -0.1) is 0 Å². The largest absolute Gasteiger partial charge is 0.326 e. The Kier molecular flexibility index (Phi) is 1.39. The van der Waals surface area contributed by atoms with E-state index in [1.807, 2.05) is 18.2 Å². The molecule has 0 atom stereocenters. The summed E-state index contributed by atoms with van der Waals surface area (Å²) in [6.07, 6.45) is 0.514. The molecule has 2 aromatic rings. The van der Waals surface area contributed by atoms with Crippen LogP contribution in [0.15, 0.2) is 36.4 Å². The Labute approximate surface area is 81.5 Å². The van der Waals surface area contributed by atoms with Crippen molar-refractivity contribution in [2.75, 3.05) is 5.32 Å². The average Bonchev–Trinajstić information content (AvgIpc) is 2.53. The molecule has 3 rings (SSSR count). The average molecular weight is 183 g/mol. The Morgan fingerprint density at radius 1 is 1.07 bits per heavy atom. The summed E-state index contributed by atoms with van der Waals surface area (Å²) in [7, 11) is 0. The van der Waals surface area contributed by atoms with Crippen LogP contribution in [0.2, 0.25) is 0 Å². The monoisotopic (exact) mass is 183 g/mol. The van der Waals surface area contributed by atoms with E-state index in [0.29, 0.717) is 6.42 Å². The maximum absolute atomic E-state index is 11.2. The van der Waals surface area contributed by atoms with Crippen molar-refractivity contribution < 1.29 is 4.79 Å². The maximum atomic E-state index is 11.2. The third-order valence-corrected chi connectivity index (χ3v) is 2.60. The SMILES string of the molecule is O=C1Cc2cc3ccccc3cc2N1. The molecule has 0 bridgehead atoms. The van der Waals surface area contributed by atoms with Crippen LogP contribution < -0.4 is 5.32 Å². The number of rotatable bonds is 0. The van der Waals surface area contributed by atoms with Crippen LogP contribution in [0.1, 0.15) is 5.56 Å². The fraction of sp³-hybridized carbons (Fsp3) is 0.0833. The molecule has 0 aliphatic carbocycles. The third kappa shape index (κ3) is 1.01. The Bertz CT molecular complexity index is 484. The molecule has 2 nitrogen and oxygen atoms in total. The van der Waals surface area contributed by atoms with Gasteiger partial charge in [0.1, 0.15) is 0 Å². The molecule has 0 fully saturated rings. The van der Waals surface area contributed by atoms with E-state index in [1.54, 1.807) is 0 Å². The number of nitrogens with one attached hydrogen (secondary N) is 1. The van der Waals surface area contributed by atoms with Crippen molar-refractivity contribution in [1.29, 1.82) is 0 Å². The molecule has 2 heteroatoms. The lowest BCUT2D eigenvalue weighted by molar-refractivity contribution is -0.115. The first-order valence-corrected chi connectivity index (χ1v) is 4.64. The van der Waals surface area contributed by atoms with Gasteiger partial charge in [-0.25, -0.2) is 0 Å². The highest BCUT2D eigenvalue weighted by Gasteiger charge is 2.17. The molecule has 0 spiro atoms. The van der Waals surface area contributed by atoms with Gasteiger partial charge < -0.3 is 5.32 Å². The lowest BCUT2D eigenvalue weighted by Gasteiger charge is -2.01. The number of carbonyl (C=O) groups is 1. The first kappa shape index (κ1) is 7.56. The lowest BCUT2D eigenvalue weighted by Crippen LogP contribution is -2.03. The topological polar surface area (TPSA) is 29.1 Å². The number of anilines is 1. The van der Waals surface area contributed by atoms with Crippen LogP contribution in [-0.2, 0) is 11.2 Å². The van der Waals surface area contributed by atoms with Gasteiger partial charge in [-0.1, -0.05) is 24.3 Å². The van der Waals surface area contributed by atoms with Crippen molar-refractivity contribution in [3.63, 3.8) is 0 Å². The van der Waals surface area contributed by atoms with E-state index in [4.69, 9.17) is 0 Å². The highest BCUT2D eigenvalue weighted by Crippen LogP contribution is 2.28. The molecule has 1 aliphatic rings. The molecule has 0 aromatic heterocycles. The van der Waals surface area contributed by atoms with Crippen LogP contribution in [0.4, 0.5) is 5.69 Å². The van der Waals surface area contributed by atoms with E-state index in [2.05, 4.69) is 23.5 Å². The first-order valence-electron chi connectivity index (χ1n) is 4.64. The lowest BCUT2D eigenvalue weighted by atomic mass is 10.1. The Morgan fingerprint density at radius 2 is 1.79 bits per heavy atom. The number of hydrogen-bond donors (Lipinski definition) is 1. The minimum Gasteiger partial charge on any atom is -0.326 e. The zero-order chi connectivity index (χ0) is 9.54. The van der Waals surface area contributed by atoms with Crippen molar-refractivity contribution in [2.24, 2.45) is 0 Å². The molecule has 0 radical (unpaired) electrons. The molecular formula is C12H9NO. The van der Waals surface area contributed by atoms with Crippen molar-refractivity contribution in [1.82, 2.24) is 0 Å². The summed E-state index contributed by atoms with van der Waals surface area (Å²) >= 11 is 0. The third-order valence-electron chi connectivity index (χ3n) is 2.60. The van der Waals surface area contributed by atoms with Crippen molar-refractivity contribution >= 4 is 22.4 Å².